The lowest BCUT2D eigenvalue weighted by atomic mass is 10.0. The summed E-state index contributed by atoms with van der Waals surface area (Å²) < 4.78 is 6.16. The van der Waals surface area contributed by atoms with E-state index in [1.165, 1.54) is 32.2 Å². The van der Waals surface area contributed by atoms with Crippen LogP contribution in [-0.4, -0.2) is 23.8 Å². The van der Waals surface area contributed by atoms with Crippen LogP contribution < -0.4 is 4.90 Å². The van der Waals surface area contributed by atoms with E-state index in [4.69, 9.17) is 4.74 Å². The van der Waals surface area contributed by atoms with Gasteiger partial charge in [-0.3, -0.25) is 19.7 Å². The molecule has 0 aromatic heterocycles. The van der Waals surface area contributed by atoms with Gasteiger partial charge >= 0.3 is 0 Å². The number of non-ortho nitro benzene ring substituents is 1. The van der Waals surface area contributed by atoms with Gasteiger partial charge in [-0.05, 0) is 18.2 Å². The standard InChI is InChI=1S/C18H13BrN2O5/c1-10(22)20-15-7-6-12(19)9-14(15)16(18(20)23)17(26-2)11-4-3-5-13(8-11)21(24)25/h3-9H,1-2H3/b17-16-. The fraction of sp³-hybridized carbons (Fsp3) is 0.111. The smallest absolute Gasteiger partial charge is 0.270 e. The number of anilines is 1. The third kappa shape index (κ3) is 2.88. The van der Waals surface area contributed by atoms with Crippen LogP contribution in [-0.2, 0) is 14.3 Å². The van der Waals surface area contributed by atoms with Gasteiger partial charge in [0.05, 0.1) is 23.3 Å². The molecule has 2 aromatic rings. The molecule has 3 rings (SSSR count). The lowest BCUT2D eigenvalue weighted by molar-refractivity contribution is -0.384. The second-order valence-corrected chi connectivity index (χ2v) is 6.45. The molecule has 0 fully saturated rings. The van der Waals surface area contributed by atoms with E-state index in [0.29, 0.717) is 16.8 Å². The predicted molar refractivity (Wildman–Crippen MR) is 99.2 cm³/mol. The number of fused-ring (bicyclic) bond motifs is 1. The number of nitro benzene ring substituents is 1. The molecular weight excluding hydrogens is 404 g/mol. The number of hydrogen-bond donors (Lipinski definition) is 0. The van der Waals surface area contributed by atoms with Gasteiger partial charge in [0, 0.05) is 34.7 Å². The molecule has 0 radical (unpaired) electrons. The van der Waals surface area contributed by atoms with E-state index in [-0.39, 0.29) is 17.0 Å². The monoisotopic (exact) mass is 416 g/mol. The van der Waals surface area contributed by atoms with Crippen molar-refractivity contribution in [1.29, 1.82) is 0 Å². The zero-order chi connectivity index (χ0) is 19.0. The van der Waals surface area contributed by atoms with E-state index in [2.05, 4.69) is 15.9 Å². The van der Waals surface area contributed by atoms with Crippen molar-refractivity contribution in [3.63, 3.8) is 0 Å². The highest BCUT2D eigenvalue weighted by Crippen LogP contribution is 2.42. The Morgan fingerprint density at radius 2 is 1.96 bits per heavy atom. The number of methoxy groups -OCH3 is 1. The predicted octanol–water partition coefficient (Wildman–Crippen LogP) is 3.77. The molecule has 26 heavy (non-hydrogen) atoms. The molecular formula is C18H13BrN2O5. The Bertz CT molecular complexity index is 983. The summed E-state index contributed by atoms with van der Waals surface area (Å²) in [5, 5.41) is 11.1. The van der Waals surface area contributed by atoms with Gasteiger partial charge in [-0.15, -0.1) is 0 Å². The number of amides is 2. The zero-order valence-electron chi connectivity index (χ0n) is 13.9. The number of imide groups is 1. The van der Waals surface area contributed by atoms with E-state index < -0.39 is 16.7 Å². The molecule has 132 valence electrons. The minimum atomic E-state index is -0.533. The van der Waals surface area contributed by atoms with Crippen molar-refractivity contribution >= 4 is 50.5 Å². The molecule has 0 saturated heterocycles. The van der Waals surface area contributed by atoms with Gasteiger partial charge in [-0.25, -0.2) is 4.90 Å². The molecule has 0 bridgehead atoms. The number of hydrogen-bond acceptors (Lipinski definition) is 5. The van der Waals surface area contributed by atoms with Gasteiger partial charge in [-0.1, -0.05) is 28.1 Å². The molecule has 1 heterocycles. The SMILES string of the molecule is CO/C(=C1\C(=O)N(C(C)=O)c2ccc(Br)cc21)c1cccc([N+](=O)[O-])c1. The van der Waals surface area contributed by atoms with Crippen molar-refractivity contribution in [3.8, 4) is 0 Å². The first kappa shape index (κ1) is 17.8. The minimum Gasteiger partial charge on any atom is -0.495 e. The summed E-state index contributed by atoms with van der Waals surface area (Å²) >= 11 is 3.36. The van der Waals surface area contributed by atoms with Crippen LogP contribution >= 0.6 is 15.9 Å². The van der Waals surface area contributed by atoms with Gasteiger partial charge in [0.15, 0.2) is 0 Å². The number of benzene rings is 2. The molecule has 1 aliphatic rings. The van der Waals surface area contributed by atoms with Crippen molar-refractivity contribution in [3.05, 3.63) is 68.2 Å². The molecule has 0 saturated carbocycles. The van der Waals surface area contributed by atoms with Crippen LogP contribution in [0.1, 0.15) is 18.1 Å². The summed E-state index contributed by atoms with van der Waals surface area (Å²) in [6.45, 7) is 1.30. The van der Waals surface area contributed by atoms with E-state index in [9.17, 15) is 19.7 Å². The molecule has 7 nitrogen and oxygen atoms in total. The minimum absolute atomic E-state index is 0.124. The largest absolute Gasteiger partial charge is 0.495 e. The van der Waals surface area contributed by atoms with Crippen LogP contribution in [0.15, 0.2) is 46.9 Å². The van der Waals surface area contributed by atoms with Gasteiger partial charge in [0.2, 0.25) is 5.91 Å². The Kier molecular flexibility index (Phi) is 4.60. The van der Waals surface area contributed by atoms with Crippen LogP contribution in [0.5, 0.6) is 0 Å². The van der Waals surface area contributed by atoms with Gasteiger partial charge < -0.3 is 4.74 Å². The summed E-state index contributed by atoms with van der Waals surface area (Å²) in [6.07, 6.45) is 0. The van der Waals surface area contributed by atoms with Crippen molar-refractivity contribution in [2.75, 3.05) is 12.0 Å². The molecule has 2 amide bonds. The Labute approximate surface area is 157 Å². The number of carbonyl (C=O) groups is 2. The van der Waals surface area contributed by atoms with Crippen molar-refractivity contribution in [2.45, 2.75) is 6.92 Å². The van der Waals surface area contributed by atoms with E-state index in [1.807, 2.05) is 0 Å². The third-order valence-corrected chi connectivity index (χ3v) is 4.44. The molecule has 8 heteroatoms. The molecule has 2 aromatic carbocycles. The van der Waals surface area contributed by atoms with Crippen LogP contribution in [0.2, 0.25) is 0 Å². The van der Waals surface area contributed by atoms with E-state index >= 15 is 0 Å². The first-order valence-electron chi connectivity index (χ1n) is 7.53. The zero-order valence-corrected chi connectivity index (χ0v) is 15.4. The highest BCUT2D eigenvalue weighted by atomic mass is 79.9. The lowest BCUT2D eigenvalue weighted by Gasteiger charge is -2.12. The highest BCUT2D eigenvalue weighted by molar-refractivity contribution is 9.10. The maximum Gasteiger partial charge on any atom is 0.270 e. The summed E-state index contributed by atoms with van der Waals surface area (Å²) in [6, 6.07) is 10.9. The third-order valence-electron chi connectivity index (χ3n) is 3.95. The quantitative estimate of drug-likeness (QED) is 0.328. The number of nitro groups is 1. The Balaban J connectivity index is 2.30. The first-order valence-corrected chi connectivity index (χ1v) is 8.32. The Morgan fingerprint density at radius 3 is 2.58 bits per heavy atom. The summed E-state index contributed by atoms with van der Waals surface area (Å²) in [4.78, 5) is 36.5. The summed E-state index contributed by atoms with van der Waals surface area (Å²) in [5.41, 5.74) is 1.39. The normalized spacial score (nSPS) is 14.9. The molecule has 0 N–H and O–H groups in total. The number of rotatable bonds is 3. The molecule has 0 spiro atoms. The van der Waals surface area contributed by atoms with Crippen LogP contribution in [0.4, 0.5) is 11.4 Å². The van der Waals surface area contributed by atoms with Crippen molar-refractivity contribution in [1.82, 2.24) is 0 Å². The Hall–Kier alpha value is -3.00. The molecule has 0 aliphatic carbocycles. The number of carbonyl (C=O) groups excluding carboxylic acids is 2. The number of nitrogens with zero attached hydrogens (tertiary/aromatic N) is 2. The van der Waals surface area contributed by atoms with Gasteiger partial charge in [0.1, 0.15) is 5.76 Å². The maximum atomic E-state index is 12.9. The van der Waals surface area contributed by atoms with Crippen LogP contribution in [0.3, 0.4) is 0 Å². The molecule has 1 aliphatic heterocycles. The maximum absolute atomic E-state index is 12.9. The van der Waals surface area contributed by atoms with Gasteiger partial charge in [0.25, 0.3) is 11.6 Å². The van der Waals surface area contributed by atoms with Gasteiger partial charge in [-0.2, -0.15) is 0 Å². The van der Waals surface area contributed by atoms with Crippen LogP contribution in [0, 0.1) is 10.1 Å². The van der Waals surface area contributed by atoms with Crippen molar-refractivity contribution < 1.29 is 19.2 Å². The average molecular weight is 417 g/mol. The number of halogens is 1. The lowest BCUT2D eigenvalue weighted by Crippen LogP contribution is -2.31. The topological polar surface area (TPSA) is 89.8 Å². The first-order chi connectivity index (χ1) is 12.3. The number of ether oxygens (including phenoxy) is 1. The molecule has 0 atom stereocenters. The average Bonchev–Trinajstić information content (AvgIpc) is 2.88. The van der Waals surface area contributed by atoms with E-state index in [0.717, 1.165) is 9.37 Å². The fourth-order valence-corrected chi connectivity index (χ4v) is 3.26. The van der Waals surface area contributed by atoms with Crippen molar-refractivity contribution in [2.24, 2.45) is 0 Å². The van der Waals surface area contributed by atoms with Crippen LogP contribution in [0.25, 0.3) is 11.3 Å². The molecule has 0 unspecified atom stereocenters. The summed E-state index contributed by atoms with van der Waals surface area (Å²) in [7, 11) is 1.38. The second-order valence-electron chi connectivity index (χ2n) is 5.54. The second kappa shape index (κ2) is 6.72. The van der Waals surface area contributed by atoms with E-state index in [1.54, 1.807) is 24.3 Å². The fourth-order valence-electron chi connectivity index (χ4n) is 2.90. The summed E-state index contributed by atoms with van der Waals surface area (Å²) in [5.74, 6) is -0.793. The Morgan fingerprint density at radius 1 is 1.23 bits per heavy atom. The highest BCUT2D eigenvalue weighted by Gasteiger charge is 2.38.